The van der Waals surface area contributed by atoms with Crippen molar-refractivity contribution in [1.29, 1.82) is 0 Å². The fourth-order valence-electron chi connectivity index (χ4n) is 1.17. The van der Waals surface area contributed by atoms with Gasteiger partial charge in [0.25, 0.3) is 0 Å². The fourth-order valence-corrected chi connectivity index (χ4v) is 1.52. The van der Waals surface area contributed by atoms with E-state index in [1.54, 1.807) is 18.2 Å². The van der Waals surface area contributed by atoms with E-state index in [1.165, 1.54) is 7.11 Å². The molecule has 0 heterocycles. The molecule has 0 radical (unpaired) electrons. The van der Waals surface area contributed by atoms with Crippen molar-refractivity contribution in [3.8, 4) is 5.75 Å². The lowest BCUT2D eigenvalue weighted by atomic mass is 10.3. The predicted molar refractivity (Wildman–Crippen MR) is 71.4 cm³/mol. The van der Waals surface area contributed by atoms with Gasteiger partial charge in [-0.05, 0) is 28.1 Å². The van der Waals surface area contributed by atoms with E-state index in [1.807, 2.05) is 0 Å². The van der Waals surface area contributed by atoms with E-state index >= 15 is 0 Å². The number of carbonyl (C=O) groups excluding carboxylic acids is 2. The summed E-state index contributed by atoms with van der Waals surface area (Å²) < 4.78 is 5.77. The molecular weight excluding hydrogens is 302 g/mol. The lowest BCUT2D eigenvalue weighted by molar-refractivity contribution is -0.123. The average Bonchev–Trinajstić information content (AvgIpc) is 2.38. The lowest BCUT2D eigenvalue weighted by Gasteiger charge is -2.09. The first-order valence-electron chi connectivity index (χ1n) is 5.17. The van der Waals surface area contributed by atoms with Crippen LogP contribution in [0.25, 0.3) is 0 Å². The molecule has 0 aliphatic heterocycles. The van der Waals surface area contributed by atoms with Gasteiger partial charge in [0.15, 0.2) is 0 Å². The Morgan fingerprint density at radius 2 is 2.11 bits per heavy atom. The minimum atomic E-state index is -0.380. The number of hydrogen-bond acceptors (Lipinski definition) is 4. The van der Waals surface area contributed by atoms with E-state index in [0.29, 0.717) is 11.4 Å². The number of hydrogen-bond donors (Lipinski definition) is 3. The molecule has 0 atom stereocenters. The minimum Gasteiger partial charge on any atom is -0.497 e. The maximum Gasteiger partial charge on any atom is 0.243 e. The van der Waals surface area contributed by atoms with Crippen LogP contribution in [0.5, 0.6) is 5.75 Å². The fraction of sp³-hybridized carbons (Fsp3) is 0.273. The van der Waals surface area contributed by atoms with Gasteiger partial charge in [0, 0.05) is 10.5 Å². The number of nitrogens with two attached hydrogens (primary N) is 1. The summed E-state index contributed by atoms with van der Waals surface area (Å²) in [5.74, 6) is -0.0971. The molecule has 6 nitrogen and oxygen atoms in total. The highest BCUT2D eigenvalue weighted by molar-refractivity contribution is 9.10. The molecule has 98 valence electrons. The van der Waals surface area contributed by atoms with Gasteiger partial charge in [-0.1, -0.05) is 0 Å². The van der Waals surface area contributed by atoms with Crippen LogP contribution in [0.4, 0.5) is 5.69 Å². The summed E-state index contributed by atoms with van der Waals surface area (Å²) in [7, 11) is 1.54. The number of nitrogens with one attached hydrogen (secondary N) is 2. The Morgan fingerprint density at radius 1 is 1.39 bits per heavy atom. The molecule has 7 heteroatoms. The zero-order valence-electron chi connectivity index (χ0n) is 9.83. The van der Waals surface area contributed by atoms with E-state index in [9.17, 15) is 9.59 Å². The SMILES string of the molecule is COc1ccc(Br)c(NC(=O)CNC(=O)CN)c1. The van der Waals surface area contributed by atoms with Gasteiger partial charge in [-0.25, -0.2) is 0 Å². The number of rotatable bonds is 5. The number of halogens is 1. The van der Waals surface area contributed by atoms with Crippen molar-refractivity contribution in [1.82, 2.24) is 5.32 Å². The van der Waals surface area contributed by atoms with Gasteiger partial charge in [0.1, 0.15) is 5.75 Å². The van der Waals surface area contributed by atoms with E-state index < -0.39 is 0 Å². The van der Waals surface area contributed by atoms with Crippen molar-refractivity contribution in [3.05, 3.63) is 22.7 Å². The molecule has 2 amide bonds. The Balaban J connectivity index is 2.61. The summed E-state index contributed by atoms with van der Waals surface area (Å²) >= 11 is 3.30. The number of ether oxygens (including phenoxy) is 1. The highest BCUT2D eigenvalue weighted by Crippen LogP contribution is 2.26. The van der Waals surface area contributed by atoms with Gasteiger partial charge in [0.05, 0.1) is 25.9 Å². The molecule has 0 saturated carbocycles. The highest BCUT2D eigenvalue weighted by Gasteiger charge is 2.08. The highest BCUT2D eigenvalue weighted by atomic mass is 79.9. The molecule has 0 unspecified atom stereocenters. The Hall–Kier alpha value is -1.60. The number of amides is 2. The molecule has 0 aliphatic carbocycles. The Labute approximate surface area is 113 Å². The molecule has 0 bridgehead atoms. The van der Waals surface area contributed by atoms with Crippen LogP contribution < -0.4 is 21.1 Å². The molecular formula is C11H14BrN3O3. The van der Waals surface area contributed by atoms with Crippen LogP contribution in [0.1, 0.15) is 0 Å². The van der Waals surface area contributed by atoms with E-state index in [2.05, 4.69) is 26.6 Å². The van der Waals surface area contributed by atoms with Crippen molar-refractivity contribution < 1.29 is 14.3 Å². The second kappa shape index (κ2) is 6.97. The first-order chi connectivity index (χ1) is 8.56. The van der Waals surface area contributed by atoms with Crippen LogP contribution in [0.15, 0.2) is 22.7 Å². The maximum atomic E-state index is 11.6. The third kappa shape index (κ3) is 4.34. The summed E-state index contributed by atoms with van der Waals surface area (Å²) in [6, 6.07) is 5.19. The number of carbonyl (C=O) groups is 2. The lowest BCUT2D eigenvalue weighted by Crippen LogP contribution is -2.36. The molecule has 1 aromatic carbocycles. The van der Waals surface area contributed by atoms with Crippen molar-refractivity contribution in [2.75, 3.05) is 25.5 Å². The second-order valence-electron chi connectivity index (χ2n) is 3.37. The van der Waals surface area contributed by atoms with Gasteiger partial charge in [-0.15, -0.1) is 0 Å². The monoisotopic (exact) mass is 315 g/mol. The summed E-state index contributed by atoms with van der Waals surface area (Å²) in [5.41, 5.74) is 5.68. The maximum absolute atomic E-state index is 11.6. The van der Waals surface area contributed by atoms with Gasteiger partial charge < -0.3 is 21.1 Å². The molecule has 1 aromatic rings. The van der Waals surface area contributed by atoms with E-state index in [-0.39, 0.29) is 24.9 Å². The van der Waals surface area contributed by atoms with Gasteiger partial charge in [0.2, 0.25) is 11.8 Å². The third-order valence-electron chi connectivity index (χ3n) is 2.08. The summed E-state index contributed by atoms with van der Waals surface area (Å²) in [6.07, 6.45) is 0. The standard InChI is InChI=1S/C11H14BrN3O3/c1-18-7-2-3-8(12)9(4-7)15-11(17)6-14-10(16)5-13/h2-4H,5-6,13H2,1H3,(H,14,16)(H,15,17). The molecule has 0 saturated heterocycles. The van der Waals surface area contributed by atoms with Crippen LogP contribution in [-0.2, 0) is 9.59 Å². The summed E-state index contributed by atoms with van der Waals surface area (Å²) in [4.78, 5) is 22.4. The Bertz CT molecular complexity index is 451. The molecule has 18 heavy (non-hydrogen) atoms. The number of benzene rings is 1. The number of anilines is 1. The van der Waals surface area contributed by atoms with Crippen molar-refractivity contribution in [2.45, 2.75) is 0 Å². The van der Waals surface area contributed by atoms with Crippen molar-refractivity contribution in [3.63, 3.8) is 0 Å². The molecule has 0 aliphatic rings. The first-order valence-corrected chi connectivity index (χ1v) is 5.96. The normalized spacial score (nSPS) is 9.72. The Kier molecular flexibility index (Phi) is 5.60. The van der Waals surface area contributed by atoms with Gasteiger partial charge in [-0.2, -0.15) is 0 Å². The van der Waals surface area contributed by atoms with Crippen LogP contribution >= 0.6 is 15.9 Å². The zero-order valence-corrected chi connectivity index (χ0v) is 11.4. The van der Waals surface area contributed by atoms with E-state index in [4.69, 9.17) is 10.5 Å². The van der Waals surface area contributed by atoms with Crippen LogP contribution in [-0.4, -0.2) is 32.0 Å². The number of methoxy groups -OCH3 is 1. The minimum absolute atomic E-state index is 0.125. The Morgan fingerprint density at radius 3 is 2.72 bits per heavy atom. The topological polar surface area (TPSA) is 93.5 Å². The van der Waals surface area contributed by atoms with Crippen LogP contribution in [0.3, 0.4) is 0 Å². The zero-order chi connectivity index (χ0) is 13.5. The smallest absolute Gasteiger partial charge is 0.243 e. The molecule has 1 rings (SSSR count). The van der Waals surface area contributed by atoms with Crippen LogP contribution in [0.2, 0.25) is 0 Å². The summed E-state index contributed by atoms with van der Waals surface area (Å²) in [6.45, 7) is -0.268. The van der Waals surface area contributed by atoms with Gasteiger partial charge >= 0.3 is 0 Å². The average molecular weight is 316 g/mol. The van der Waals surface area contributed by atoms with Crippen molar-refractivity contribution in [2.24, 2.45) is 5.73 Å². The van der Waals surface area contributed by atoms with Crippen molar-refractivity contribution >= 4 is 33.4 Å². The van der Waals surface area contributed by atoms with Crippen LogP contribution in [0, 0.1) is 0 Å². The summed E-state index contributed by atoms with van der Waals surface area (Å²) in [5, 5.41) is 5.02. The molecule has 0 aromatic heterocycles. The first kappa shape index (κ1) is 14.5. The van der Waals surface area contributed by atoms with Gasteiger partial charge in [-0.3, -0.25) is 9.59 Å². The quantitative estimate of drug-likeness (QED) is 0.736. The third-order valence-corrected chi connectivity index (χ3v) is 2.77. The largest absolute Gasteiger partial charge is 0.497 e. The molecule has 0 fully saturated rings. The molecule has 0 spiro atoms. The molecule has 4 N–H and O–H groups in total. The second-order valence-corrected chi connectivity index (χ2v) is 4.23. The van der Waals surface area contributed by atoms with E-state index in [0.717, 1.165) is 4.47 Å². The predicted octanol–water partition coefficient (Wildman–Crippen LogP) is 0.471.